The molecule has 0 unspecified atom stereocenters. The largest absolute Gasteiger partial charge is 0.347 e. The summed E-state index contributed by atoms with van der Waals surface area (Å²) in [5.41, 5.74) is 5.54. The van der Waals surface area contributed by atoms with Crippen molar-refractivity contribution in [1.82, 2.24) is 20.1 Å². The van der Waals surface area contributed by atoms with Gasteiger partial charge in [-0.15, -0.1) is 10.2 Å². The minimum absolute atomic E-state index is 0.157. The van der Waals surface area contributed by atoms with E-state index in [9.17, 15) is 4.79 Å². The SMILES string of the molecule is CC[C@@H](N)C(=O)NCc1nncn1C. The topological polar surface area (TPSA) is 85.8 Å². The van der Waals surface area contributed by atoms with E-state index in [0.29, 0.717) is 18.8 Å². The molecular weight excluding hydrogens is 182 g/mol. The first-order valence-corrected chi connectivity index (χ1v) is 4.51. The fraction of sp³-hybridized carbons (Fsp3) is 0.625. The van der Waals surface area contributed by atoms with Crippen LogP contribution < -0.4 is 11.1 Å². The van der Waals surface area contributed by atoms with E-state index in [1.807, 2.05) is 14.0 Å². The van der Waals surface area contributed by atoms with Crippen LogP contribution in [0.4, 0.5) is 0 Å². The molecule has 6 nitrogen and oxygen atoms in total. The molecule has 6 heteroatoms. The third kappa shape index (κ3) is 2.53. The van der Waals surface area contributed by atoms with E-state index in [2.05, 4.69) is 15.5 Å². The van der Waals surface area contributed by atoms with E-state index in [4.69, 9.17) is 5.73 Å². The number of nitrogens with two attached hydrogens (primary N) is 1. The molecule has 0 spiro atoms. The summed E-state index contributed by atoms with van der Waals surface area (Å²) in [6.45, 7) is 2.23. The summed E-state index contributed by atoms with van der Waals surface area (Å²) in [5.74, 6) is 0.553. The zero-order valence-electron chi connectivity index (χ0n) is 8.40. The second kappa shape index (κ2) is 4.71. The molecule has 0 fully saturated rings. The van der Waals surface area contributed by atoms with E-state index in [0.717, 1.165) is 0 Å². The maximum absolute atomic E-state index is 11.3. The van der Waals surface area contributed by atoms with E-state index in [-0.39, 0.29) is 5.91 Å². The zero-order chi connectivity index (χ0) is 10.6. The molecule has 0 saturated carbocycles. The molecule has 14 heavy (non-hydrogen) atoms. The lowest BCUT2D eigenvalue weighted by Gasteiger charge is -2.08. The second-order valence-corrected chi connectivity index (χ2v) is 3.09. The van der Waals surface area contributed by atoms with E-state index in [1.165, 1.54) is 0 Å². The molecule has 0 aliphatic heterocycles. The number of carbonyl (C=O) groups excluding carboxylic acids is 1. The van der Waals surface area contributed by atoms with Gasteiger partial charge in [-0.05, 0) is 6.42 Å². The second-order valence-electron chi connectivity index (χ2n) is 3.09. The Morgan fingerprint density at radius 2 is 2.50 bits per heavy atom. The molecular formula is C8H15N5O. The van der Waals surface area contributed by atoms with Crippen molar-refractivity contribution in [3.8, 4) is 0 Å². The molecule has 0 saturated heterocycles. The molecule has 1 aromatic rings. The number of hydrogen-bond acceptors (Lipinski definition) is 4. The van der Waals surface area contributed by atoms with Gasteiger partial charge in [0.1, 0.15) is 6.33 Å². The summed E-state index contributed by atoms with van der Waals surface area (Å²) in [6.07, 6.45) is 2.21. The minimum atomic E-state index is -0.441. The van der Waals surface area contributed by atoms with Gasteiger partial charge in [0.05, 0.1) is 12.6 Å². The van der Waals surface area contributed by atoms with Crippen molar-refractivity contribution in [3.05, 3.63) is 12.2 Å². The lowest BCUT2D eigenvalue weighted by atomic mass is 10.2. The summed E-state index contributed by atoms with van der Waals surface area (Å²) in [6, 6.07) is -0.441. The van der Waals surface area contributed by atoms with E-state index < -0.39 is 6.04 Å². The van der Waals surface area contributed by atoms with Crippen LogP contribution in [0, 0.1) is 0 Å². The highest BCUT2D eigenvalue weighted by atomic mass is 16.2. The maximum atomic E-state index is 11.3. The van der Waals surface area contributed by atoms with Gasteiger partial charge in [-0.25, -0.2) is 0 Å². The molecule has 1 rings (SSSR count). The molecule has 1 aromatic heterocycles. The predicted molar refractivity (Wildman–Crippen MR) is 51.1 cm³/mol. The van der Waals surface area contributed by atoms with Gasteiger partial charge in [0, 0.05) is 7.05 Å². The summed E-state index contributed by atoms with van der Waals surface area (Å²) in [5, 5.41) is 10.2. The van der Waals surface area contributed by atoms with Crippen molar-refractivity contribution < 1.29 is 4.79 Å². The number of rotatable bonds is 4. The number of nitrogens with one attached hydrogen (secondary N) is 1. The van der Waals surface area contributed by atoms with Crippen LogP contribution in [0.15, 0.2) is 6.33 Å². The van der Waals surface area contributed by atoms with Gasteiger partial charge in [0.25, 0.3) is 0 Å². The summed E-state index contributed by atoms with van der Waals surface area (Å²) in [7, 11) is 1.82. The summed E-state index contributed by atoms with van der Waals surface area (Å²) < 4.78 is 1.75. The van der Waals surface area contributed by atoms with Crippen molar-refractivity contribution in [2.24, 2.45) is 12.8 Å². The average Bonchev–Trinajstić information content (AvgIpc) is 2.59. The molecule has 1 atom stereocenters. The molecule has 0 aliphatic rings. The molecule has 78 valence electrons. The number of hydrogen-bond donors (Lipinski definition) is 2. The van der Waals surface area contributed by atoms with Crippen LogP contribution in [-0.2, 0) is 18.4 Å². The highest BCUT2D eigenvalue weighted by Crippen LogP contribution is 1.91. The molecule has 0 aromatic carbocycles. The van der Waals surface area contributed by atoms with Crippen LogP contribution in [-0.4, -0.2) is 26.7 Å². The quantitative estimate of drug-likeness (QED) is 0.659. The predicted octanol–water partition coefficient (Wildman–Crippen LogP) is -0.831. The van der Waals surface area contributed by atoms with Crippen LogP contribution in [0.1, 0.15) is 19.2 Å². The maximum Gasteiger partial charge on any atom is 0.237 e. The van der Waals surface area contributed by atoms with E-state index >= 15 is 0 Å². The van der Waals surface area contributed by atoms with Gasteiger partial charge >= 0.3 is 0 Å². The first kappa shape index (κ1) is 10.6. The van der Waals surface area contributed by atoms with Crippen molar-refractivity contribution in [2.75, 3.05) is 0 Å². The van der Waals surface area contributed by atoms with Gasteiger partial charge in [-0.1, -0.05) is 6.92 Å². The Labute approximate surface area is 82.5 Å². The fourth-order valence-electron chi connectivity index (χ4n) is 0.950. The van der Waals surface area contributed by atoms with Gasteiger partial charge in [-0.3, -0.25) is 4.79 Å². The third-order valence-corrected chi connectivity index (χ3v) is 2.00. The van der Waals surface area contributed by atoms with Crippen LogP contribution in [0.25, 0.3) is 0 Å². The zero-order valence-corrected chi connectivity index (χ0v) is 8.40. The molecule has 1 heterocycles. The highest BCUT2D eigenvalue weighted by Gasteiger charge is 2.11. The highest BCUT2D eigenvalue weighted by molar-refractivity contribution is 5.81. The summed E-state index contributed by atoms with van der Waals surface area (Å²) >= 11 is 0. The Kier molecular flexibility index (Phi) is 3.58. The smallest absolute Gasteiger partial charge is 0.237 e. The Hall–Kier alpha value is -1.43. The van der Waals surface area contributed by atoms with Gasteiger partial charge in [0.15, 0.2) is 5.82 Å². The molecule has 0 aliphatic carbocycles. The fourth-order valence-corrected chi connectivity index (χ4v) is 0.950. The van der Waals surface area contributed by atoms with Crippen molar-refractivity contribution in [2.45, 2.75) is 25.9 Å². The standard InChI is InChI=1S/C8H15N5O/c1-3-6(9)8(14)10-4-7-12-11-5-13(7)2/h5-6H,3-4,9H2,1-2H3,(H,10,14)/t6-/m1/s1. The van der Waals surface area contributed by atoms with Crippen LogP contribution in [0.2, 0.25) is 0 Å². The monoisotopic (exact) mass is 197 g/mol. The summed E-state index contributed by atoms with van der Waals surface area (Å²) in [4.78, 5) is 11.3. The number of nitrogens with zero attached hydrogens (tertiary/aromatic N) is 3. The van der Waals surface area contributed by atoms with Crippen molar-refractivity contribution in [1.29, 1.82) is 0 Å². The Morgan fingerprint density at radius 1 is 1.79 bits per heavy atom. The normalized spacial score (nSPS) is 12.5. The Balaban J connectivity index is 2.41. The van der Waals surface area contributed by atoms with Crippen molar-refractivity contribution >= 4 is 5.91 Å². The van der Waals surface area contributed by atoms with Crippen LogP contribution in [0.3, 0.4) is 0 Å². The van der Waals surface area contributed by atoms with E-state index in [1.54, 1.807) is 10.9 Å². The third-order valence-electron chi connectivity index (χ3n) is 2.00. The van der Waals surface area contributed by atoms with Crippen molar-refractivity contribution in [3.63, 3.8) is 0 Å². The Bertz CT molecular complexity index is 308. The number of aromatic nitrogens is 3. The lowest BCUT2D eigenvalue weighted by Crippen LogP contribution is -2.40. The van der Waals surface area contributed by atoms with Crippen LogP contribution in [0.5, 0.6) is 0 Å². The van der Waals surface area contributed by atoms with Crippen LogP contribution >= 0.6 is 0 Å². The molecule has 1 amide bonds. The molecule has 0 radical (unpaired) electrons. The molecule has 0 bridgehead atoms. The van der Waals surface area contributed by atoms with Gasteiger partial charge < -0.3 is 15.6 Å². The minimum Gasteiger partial charge on any atom is -0.347 e. The first-order valence-electron chi connectivity index (χ1n) is 4.51. The van der Waals surface area contributed by atoms with Gasteiger partial charge in [-0.2, -0.15) is 0 Å². The van der Waals surface area contributed by atoms with Gasteiger partial charge in [0.2, 0.25) is 5.91 Å². The average molecular weight is 197 g/mol. The Morgan fingerprint density at radius 3 is 3.00 bits per heavy atom. The number of carbonyl (C=O) groups is 1. The first-order chi connectivity index (χ1) is 6.65. The lowest BCUT2D eigenvalue weighted by molar-refractivity contribution is -0.122. The molecule has 3 N–H and O–H groups in total. The number of aryl methyl sites for hydroxylation is 1. The number of amides is 1.